The zero-order valence-corrected chi connectivity index (χ0v) is 11.6. The highest BCUT2D eigenvalue weighted by molar-refractivity contribution is 5.72. The average molecular weight is 262 g/mol. The third-order valence-electron chi connectivity index (χ3n) is 3.77. The molecular weight excluding hydrogens is 243 g/mol. The van der Waals surface area contributed by atoms with E-state index < -0.39 is 0 Å². The molecule has 1 aliphatic rings. The number of nitrogens with zero attached hydrogens (tertiary/aromatic N) is 2. The predicted molar refractivity (Wildman–Crippen MR) is 72.4 cm³/mol. The summed E-state index contributed by atoms with van der Waals surface area (Å²) in [5.74, 6) is 0.444. The minimum atomic E-state index is -0.272. The number of oxazole rings is 1. The molecule has 19 heavy (non-hydrogen) atoms. The first-order chi connectivity index (χ1) is 8.95. The fraction of sp³-hybridized carbons (Fsp3) is 0.533. The molecule has 0 radical (unpaired) electrons. The molecule has 1 fully saturated rings. The Hall–Kier alpha value is -1.42. The summed E-state index contributed by atoms with van der Waals surface area (Å²) in [5.41, 5.74) is 1.36. The number of benzene rings is 1. The summed E-state index contributed by atoms with van der Waals surface area (Å²) >= 11 is 0. The van der Waals surface area contributed by atoms with Gasteiger partial charge in [-0.15, -0.1) is 0 Å². The maximum Gasteiger partial charge on any atom is 0.212 e. The second kappa shape index (κ2) is 4.30. The van der Waals surface area contributed by atoms with Crippen LogP contribution in [0.4, 0.5) is 4.39 Å². The van der Waals surface area contributed by atoms with Gasteiger partial charge in [0.2, 0.25) is 5.89 Å². The lowest BCUT2D eigenvalue weighted by Gasteiger charge is -2.35. The van der Waals surface area contributed by atoms with Gasteiger partial charge in [-0.2, -0.15) is 0 Å². The lowest BCUT2D eigenvalue weighted by atomic mass is 10.0. The van der Waals surface area contributed by atoms with Gasteiger partial charge in [0.15, 0.2) is 5.58 Å². The van der Waals surface area contributed by atoms with Crippen molar-refractivity contribution in [3.63, 3.8) is 0 Å². The van der Waals surface area contributed by atoms with E-state index in [0.717, 1.165) is 19.4 Å². The summed E-state index contributed by atoms with van der Waals surface area (Å²) in [4.78, 5) is 6.88. The minimum absolute atomic E-state index is 0.0903. The van der Waals surface area contributed by atoms with Gasteiger partial charge in [0.05, 0.1) is 6.04 Å². The van der Waals surface area contributed by atoms with Crippen LogP contribution in [0, 0.1) is 5.82 Å². The van der Waals surface area contributed by atoms with Crippen molar-refractivity contribution in [3.8, 4) is 0 Å². The summed E-state index contributed by atoms with van der Waals surface area (Å²) < 4.78 is 19.0. The summed E-state index contributed by atoms with van der Waals surface area (Å²) in [7, 11) is 0. The van der Waals surface area contributed by atoms with Gasteiger partial charge in [-0.3, -0.25) is 4.90 Å². The van der Waals surface area contributed by atoms with Gasteiger partial charge in [0.25, 0.3) is 0 Å². The van der Waals surface area contributed by atoms with Crippen molar-refractivity contribution in [2.24, 2.45) is 0 Å². The molecule has 2 aromatic rings. The van der Waals surface area contributed by atoms with E-state index in [0.29, 0.717) is 17.0 Å². The van der Waals surface area contributed by atoms with Crippen LogP contribution in [0.25, 0.3) is 11.1 Å². The summed E-state index contributed by atoms with van der Waals surface area (Å²) in [5, 5.41) is 0. The summed E-state index contributed by atoms with van der Waals surface area (Å²) in [6.07, 6.45) is 2.20. The van der Waals surface area contributed by atoms with Gasteiger partial charge in [-0.25, -0.2) is 9.37 Å². The molecular formula is C15H19FN2O. The van der Waals surface area contributed by atoms with E-state index in [9.17, 15) is 4.39 Å². The SMILES string of the molecule is CC(C)(C)N1CCCC1c1nc2cc(F)ccc2o1. The van der Waals surface area contributed by atoms with Crippen LogP contribution in [0.3, 0.4) is 0 Å². The van der Waals surface area contributed by atoms with E-state index in [1.165, 1.54) is 12.1 Å². The predicted octanol–water partition coefficient (Wildman–Crippen LogP) is 3.90. The fourth-order valence-corrected chi connectivity index (χ4v) is 2.89. The molecule has 2 heterocycles. The van der Waals surface area contributed by atoms with Gasteiger partial charge >= 0.3 is 0 Å². The Labute approximate surface area is 112 Å². The van der Waals surface area contributed by atoms with Crippen molar-refractivity contribution in [2.75, 3.05) is 6.54 Å². The Balaban J connectivity index is 1.99. The Morgan fingerprint density at radius 3 is 2.89 bits per heavy atom. The molecule has 3 nitrogen and oxygen atoms in total. The normalized spacial score (nSPS) is 21.4. The van der Waals surface area contributed by atoms with Crippen LogP contribution in [0.1, 0.15) is 45.5 Å². The smallest absolute Gasteiger partial charge is 0.212 e. The van der Waals surface area contributed by atoms with Crippen LogP contribution in [0.5, 0.6) is 0 Å². The van der Waals surface area contributed by atoms with Crippen molar-refractivity contribution in [1.82, 2.24) is 9.88 Å². The Morgan fingerprint density at radius 2 is 2.16 bits per heavy atom. The molecule has 1 aromatic carbocycles. The molecule has 3 rings (SSSR count). The van der Waals surface area contributed by atoms with Crippen LogP contribution in [-0.2, 0) is 0 Å². The largest absolute Gasteiger partial charge is 0.439 e. The van der Waals surface area contributed by atoms with Crippen LogP contribution in [0.2, 0.25) is 0 Å². The molecule has 0 saturated carbocycles. The molecule has 0 spiro atoms. The van der Waals surface area contributed by atoms with Crippen molar-refractivity contribution in [3.05, 3.63) is 29.9 Å². The highest BCUT2D eigenvalue weighted by Gasteiger charge is 2.36. The van der Waals surface area contributed by atoms with Gasteiger partial charge in [0.1, 0.15) is 11.3 Å². The molecule has 0 bridgehead atoms. The zero-order valence-electron chi connectivity index (χ0n) is 11.6. The molecule has 0 aliphatic carbocycles. The number of likely N-dealkylation sites (tertiary alicyclic amines) is 1. The van der Waals surface area contributed by atoms with E-state index in [2.05, 4.69) is 30.7 Å². The first-order valence-electron chi connectivity index (χ1n) is 6.78. The van der Waals surface area contributed by atoms with Crippen LogP contribution < -0.4 is 0 Å². The van der Waals surface area contributed by atoms with Gasteiger partial charge in [-0.05, 0) is 52.3 Å². The van der Waals surface area contributed by atoms with Crippen molar-refractivity contribution in [2.45, 2.75) is 45.2 Å². The number of fused-ring (bicyclic) bond motifs is 1. The third kappa shape index (κ3) is 2.25. The molecule has 1 aromatic heterocycles. The molecule has 0 N–H and O–H groups in total. The molecule has 1 atom stereocenters. The number of rotatable bonds is 1. The Bertz CT molecular complexity index is 600. The van der Waals surface area contributed by atoms with Crippen molar-refractivity contribution < 1.29 is 8.81 Å². The number of halogens is 1. The zero-order chi connectivity index (χ0) is 13.6. The monoisotopic (exact) mass is 262 g/mol. The first-order valence-corrected chi connectivity index (χ1v) is 6.78. The first kappa shape index (κ1) is 12.6. The van der Waals surface area contributed by atoms with Gasteiger partial charge in [0, 0.05) is 11.6 Å². The van der Waals surface area contributed by atoms with Crippen molar-refractivity contribution >= 4 is 11.1 Å². The average Bonchev–Trinajstić information content (AvgIpc) is 2.92. The summed E-state index contributed by atoms with van der Waals surface area (Å²) in [6.45, 7) is 7.66. The highest BCUT2D eigenvalue weighted by Crippen LogP contribution is 2.37. The molecule has 1 unspecified atom stereocenters. The molecule has 0 amide bonds. The lowest BCUT2D eigenvalue weighted by molar-refractivity contribution is 0.107. The number of hydrogen-bond acceptors (Lipinski definition) is 3. The molecule has 102 valence electrons. The second-order valence-corrected chi connectivity index (χ2v) is 6.19. The topological polar surface area (TPSA) is 29.3 Å². The van der Waals surface area contributed by atoms with Gasteiger partial charge in [-0.1, -0.05) is 0 Å². The summed E-state index contributed by atoms with van der Waals surface area (Å²) in [6, 6.07) is 4.69. The minimum Gasteiger partial charge on any atom is -0.439 e. The second-order valence-electron chi connectivity index (χ2n) is 6.19. The van der Waals surface area contributed by atoms with Crippen LogP contribution in [0.15, 0.2) is 22.6 Å². The van der Waals surface area contributed by atoms with Crippen molar-refractivity contribution in [1.29, 1.82) is 0 Å². The van der Waals surface area contributed by atoms with E-state index in [4.69, 9.17) is 4.42 Å². The van der Waals surface area contributed by atoms with Gasteiger partial charge < -0.3 is 4.42 Å². The Morgan fingerprint density at radius 1 is 1.37 bits per heavy atom. The van der Waals surface area contributed by atoms with E-state index in [1.54, 1.807) is 6.07 Å². The maximum atomic E-state index is 13.2. The molecule has 1 saturated heterocycles. The lowest BCUT2D eigenvalue weighted by Crippen LogP contribution is -2.40. The van der Waals surface area contributed by atoms with E-state index in [1.807, 2.05) is 0 Å². The number of aromatic nitrogens is 1. The molecule has 1 aliphatic heterocycles. The van der Waals surface area contributed by atoms with E-state index in [-0.39, 0.29) is 17.4 Å². The van der Waals surface area contributed by atoms with Crippen LogP contribution >= 0.6 is 0 Å². The van der Waals surface area contributed by atoms with Crippen LogP contribution in [-0.4, -0.2) is 22.0 Å². The Kier molecular flexibility index (Phi) is 2.86. The highest BCUT2D eigenvalue weighted by atomic mass is 19.1. The third-order valence-corrected chi connectivity index (χ3v) is 3.77. The number of hydrogen-bond donors (Lipinski definition) is 0. The standard InChI is InChI=1S/C15H19FN2O/c1-15(2,3)18-8-4-5-12(18)14-17-11-9-10(16)6-7-13(11)19-14/h6-7,9,12H,4-5,8H2,1-3H3. The fourth-order valence-electron chi connectivity index (χ4n) is 2.89. The van der Waals surface area contributed by atoms with E-state index >= 15 is 0 Å². The maximum absolute atomic E-state index is 13.2. The molecule has 4 heteroatoms. The quantitative estimate of drug-likeness (QED) is 0.780.